The van der Waals surface area contributed by atoms with Crippen LogP contribution in [0.15, 0.2) is 267 Å². The molecule has 8 aromatic carbocycles. The molecule has 4 aromatic heterocycles. The highest BCUT2D eigenvalue weighted by Crippen LogP contribution is 2.73. The number of aliphatic hydroxyl groups excluding tert-OH is 5. The lowest BCUT2D eigenvalue weighted by atomic mass is 9.71. The zero-order chi connectivity index (χ0) is 88.6. The van der Waals surface area contributed by atoms with Gasteiger partial charge in [-0.1, -0.05) is 224 Å². The van der Waals surface area contributed by atoms with Crippen molar-refractivity contribution in [1.82, 2.24) is 30.6 Å². The summed E-state index contributed by atoms with van der Waals surface area (Å²) < 4.78 is 26.1. The van der Waals surface area contributed by atoms with Crippen molar-refractivity contribution in [3.05, 3.63) is 377 Å². The Balaban J connectivity index is 0.000000124. The molecule has 127 heavy (non-hydrogen) atoms. The number of pyridine rings is 4. The maximum Gasteiger partial charge on any atom is 0.181 e. The van der Waals surface area contributed by atoms with Crippen molar-refractivity contribution in [2.45, 2.75) is 100 Å². The van der Waals surface area contributed by atoms with E-state index in [1.807, 2.05) is 135 Å². The number of hydrogen-bond acceptors (Lipinski definition) is 24. The standard InChI is InChI=1S/2C25H22ClN3O3.C24H19ClN2O4.C24H17ClN2O4.CH4/c2*1-28-14-19-21(16-5-3-2-4-6-16)25(17-9-7-15(12-27)8-10-17)24(31,23(19)30)22-20(32-25)11-18(26)13-29-22;2*25-17-10-19-21(27-12-17)23(30)22(29)18(13-28)20(15-4-2-1-3-5-15)24(23,31-19)16-8-6-14(11-26)7-9-16;/h2*2-11,13,19,21,23,28,30-31H,14H2,1H3;1-10,12,18,20,22,28-30H,13H2;1-10,12-13,18,20,22,29-30H;1H4/t2*19-,21-,23-,24+,25+;2*18-,20-,22-,23+,24+;/m1111./s1. The Morgan fingerprint density at radius 1 is 0.362 bits per heavy atom. The van der Waals surface area contributed by atoms with Gasteiger partial charge in [0.2, 0.25) is 0 Å². The van der Waals surface area contributed by atoms with Crippen LogP contribution >= 0.6 is 46.4 Å². The van der Waals surface area contributed by atoms with Crippen LogP contribution < -0.4 is 29.6 Å². The van der Waals surface area contributed by atoms with Crippen LogP contribution in [0.5, 0.6) is 23.0 Å². The molecule has 0 spiro atoms. The molecule has 12 aromatic rings. The van der Waals surface area contributed by atoms with E-state index < -0.39 is 105 Å². The van der Waals surface area contributed by atoms with Gasteiger partial charge in [-0.25, -0.2) is 0 Å². The van der Waals surface area contributed by atoms with Gasteiger partial charge in [0.1, 0.15) is 58.2 Å². The molecule has 4 fully saturated rings. The average molecular weight is 1780 g/mol. The van der Waals surface area contributed by atoms with Crippen LogP contribution in [0.4, 0.5) is 0 Å². The largest absolute Gasteiger partial charge is 0.476 e. The van der Waals surface area contributed by atoms with Crippen molar-refractivity contribution in [2.75, 3.05) is 33.8 Å². The molecule has 0 saturated heterocycles. The van der Waals surface area contributed by atoms with Crippen LogP contribution in [-0.2, 0) is 49.6 Å². The molecule has 0 radical (unpaired) electrons. The van der Waals surface area contributed by atoms with Gasteiger partial charge in [0.05, 0.1) is 90.9 Å². The zero-order valence-electron chi connectivity index (χ0n) is 67.2. The van der Waals surface area contributed by atoms with Crippen LogP contribution in [-0.4, -0.2) is 130 Å². The third-order valence-corrected chi connectivity index (χ3v) is 27.3. The molecule has 4 aliphatic heterocycles. The van der Waals surface area contributed by atoms with E-state index in [1.54, 1.807) is 115 Å². The second kappa shape index (κ2) is 34.3. The number of nitrogens with zero attached hydrogens (tertiary/aromatic N) is 8. The third-order valence-electron chi connectivity index (χ3n) is 26.4. The molecule has 0 bridgehead atoms. The first-order valence-corrected chi connectivity index (χ1v) is 42.0. The summed E-state index contributed by atoms with van der Waals surface area (Å²) in [5.74, 6) is -3.44. The minimum absolute atomic E-state index is 0. The first-order valence-electron chi connectivity index (χ1n) is 40.5. The predicted octanol–water partition coefficient (Wildman–Crippen LogP) is 12.7. The minimum atomic E-state index is -2.02. The van der Waals surface area contributed by atoms with E-state index in [-0.39, 0.29) is 60.1 Å². The SMILES string of the molecule is C.CNC[C@H]1[C@@H](O)[C@@]2(O)c3ncc(Cl)cc3O[C@@]2(c2ccc(C#N)cc2)[C@@H]1c1ccccc1.CNC[C@H]1[C@@H](O)[C@@]2(O)c3ncc(Cl)cc3O[C@@]2(c2ccc(C#N)cc2)[C@@H]1c1ccccc1.N#Cc1ccc([C@@]23Oc4cc(Cl)cnc4[C@]2(O)[C@H](O)[C@H](C=O)[C@H]3c2ccccc2)cc1.N#Cc1ccc([C@@]23Oc4cc(Cl)cnc4[C@]2(O)[C@H](O)[C@H](CO)[C@H]3c2ccccc2)cc1. The van der Waals surface area contributed by atoms with Crippen LogP contribution in [0, 0.1) is 69.0 Å². The number of fused-ring (bicyclic) bond motifs is 12. The Morgan fingerprint density at radius 3 is 0.827 bits per heavy atom. The van der Waals surface area contributed by atoms with Crippen molar-refractivity contribution in [3.8, 4) is 47.3 Å². The average Bonchev–Trinajstić information content (AvgIpc) is 1.51. The van der Waals surface area contributed by atoms with E-state index in [1.165, 1.54) is 30.9 Å². The summed E-state index contributed by atoms with van der Waals surface area (Å²) in [5.41, 5.74) is -5.00. The van der Waals surface area contributed by atoms with Crippen molar-refractivity contribution < 1.29 is 69.7 Å². The summed E-state index contributed by atoms with van der Waals surface area (Å²) in [4.78, 5) is 29.6. The van der Waals surface area contributed by atoms with Gasteiger partial charge < -0.3 is 80.3 Å². The van der Waals surface area contributed by atoms with Gasteiger partial charge in [-0.15, -0.1) is 0 Å². The Labute approximate surface area is 751 Å². The maximum atomic E-state index is 12.3. The Morgan fingerprint density at radius 2 is 0.591 bits per heavy atom. The number of rotatable bonds is 14. The van der Waals surface area contributed by atoms with Crippen molar-refractivity contribution in [2.24, 2.45) is 23.7 Å². The molecule has 8 aliphatic rings. The van der Waals surface area contributed by atoms with Crippen LogP contribution in [0.25, 0.3) is 0 Å². The van der Waals surface area contributed by atoms with E-state index >= 15 is 0 Å². The molecular formula is C99H84Cl4N10O14. The fraction of sp³-hybridized carbons (Fsp3) is 0.263. The lowest BCUT2D eigenvalue weighted by molar-refractivity contribution is -0.154. The highest BCUT2D eigenvalue weighted by Gasteiger charge is 2.81. The van der Waals surface area contributed by atoms with Crippen molar-refractivity contribution in [3.63, 3.8) is 0 Å². The highest BCUT2D eigenvalue weighted by molar-refractivity contribution is 6.31. The molecule has 11 N–H and O–H groups in total. The van der Waals surface area contributed by atoms with Crippen molar-refractivity contribution >= 4 is 52.7 Å². The molecular weight excluding hydrogens is 1690 g/mol. The molecule has 0 unspecified atom stereocenters. The van der Waals surface area contributed by atoms with E-state index in [9.17, 15) is 71.8 Å². The third kappa shape index (κ3) is 13.1. The molecule has 4 saturated carbocycles. The summed E-state index contributed by atoms with van der Waals surface area (Å²) in [6.45, 7) is 0.536. The fourth-order valence-electron chi connectivity index (χ4n) is 21.4. The van der Waals surface area contributed by atoms with E-state index in [0.717, 1.165) is 22.3 Å². The van der Waals surface area contributed by atoms with Crippen molar-refractivity contribution in [1.29, 1.82) is 21.0 Å². The van der Waals surface area contributed by atoms with Gasteiger partial charge in [-0.3, -0.25) is 19.9 Å². The first kappa shape index (κ1) is 88.3. The monoisotopic (exact) mass is 1780 g/mol. The van der Waals surface area contributed by atoms with Gasteiger partial charge in [0.15, 0.2) is 44.8 Å². The number of hydrogen-bond donors (Lipinski definition) is 11. The predicted molar refractivity (Wildman–Crippen MR) is 469 cm³/mol. The fourth-order valence-corrected chi connectivity index (χ4v) is 22.0. The number of nitrogens with one attached hydrogen (secondary N) is 2. The molecule has 28 heteroatoms. The molecule has 0 amide bonds. The summed E-state index contributed by atoms with van der Waals surface area (Å²) in [7, 11) is 3.63. The second-order valence-corrected chi connectivity index (χ2v) is 34.3. The zero-order valence-corrected chi connectivity index (χ0v) is 70.2. The van der Waals surface area contributed by atoms with Crippen LogP contribution in [0.3, 0.4) is 0 Å². The second-order valence-electron chi connectivity index (χ2n) is 32.5. The van der Waals surface area contributed by atoms with E-state index in [0.29, 0.717) is 95.5 Å². The maximum absolute atomic E-state index is 12.3. The molecule has 20 rings (SSSR count). The topological polar surface area (TPSA) is 407 Å². The number of aldehydes is 1. The van der Waals surface area contributed by atoms with Gasteiger partial charge in [0, 0.05) is 110 Å². The smallest absolute Gasteiger partial charge is 0.181 e. The molecule has 642 valence electrons. The summed E-state index contributed by atoms with van der Waals surface area (Å²) >= 11 is 24.6. The van der Waals surface area contributed by atoms with Crippen LogP contribution in [0.1, 0.15) is 121 Å². The summed E-state index contributed by atoms with van der Waals surface area (Å²) in [6, 6.07) is 79.9. The molecule has 8 heterocycles. The quantitative estimate of drug-likeness (QED) is 0.0450. The summed E-state index contributed by atoms with van der Waals surface area (Å²) in [6.07, 6.45) is 1.12. The number of ether oxygens (including phenoxy) is 4. The van der Waals surface area contributed by atoms with Gasteiger partial charge in [-0.05, 0) is 107 Å². The highest BCUT2D eigenvalue weighted by atomic mass is 35.5. The Hall–Kier alpha value is -12.1. The minimum Gasteiger partial charge on any atom is -0.476 e. The van der Waals surface area contributed by atoms with Gasteiger partial charge >= 0.3 is 0 Å². The number of nitriles is 4. The number of aliphatic hydroxyl groups is 9. The van der Waals surface area contributed by atoms with E-state index in [4.69, 9.17) is 65.4 Å². The van der Waals surface area contributed by atoms with Crippen LogP contribution in [0.2, 0.25) is 20.1 Å². The molecule has 4 aliphatic carbocycles. The Kier molecular flexibility index (Phi) is 23.8. The molecule has 20 atom stereocenters. The number of halogens is 4. The number of carbonyl (C=O) groups excluding carboxylic acids is 1. The normalized spacial score (nSPS) is 30.3. The number of benzene rings is 8. The number of carbonyl (C=O) groups is 1. The van der Waals surface area contributed by atoms with E-state index in [2.05, 4.69) is 54.8 Å². The van der Waals surface area contributed by atoms with Gasteiger partial charge in [-0.2, -0.15) is 21.0 Å². The lowest BCUT2D eigenvalue weighted by Gasteiger charge is -2.40. The van der Waals surface area contributed by atoms with Gasteiger partial charge in [0.25, 0.3) is 0 Å². The first-order chi connectivity index (χ1) is 60.9. The Bertz CT molecular complexity index is 6120. The molecule has 24 nitrogen and oxygen atoms in total. The lowest BCUT2D eigenvalue weighted by Crippen LogP contribution is -2.52. The summed E-state index contributed by atoms with van der Waals surface area (Å²) in [5, 5.41) is 150. The number of aromatic nitrogens is 4.